The highest BCUT2D eigenvalue weighted by molar-refractivity contribution is 7.89. The molecule has 7 heteroatoms. The monoisotopic (exact) mass is 262 g/mol. The predicted molar refractivity (Wildman–Crippen MR) is 57.7 cm³/mol. The maximum Gasteiger partial charge on any atom is 0.243 e. The molecule has 0 aromatic heterocycles. The number of halogens is 2. The van der Waals surface area contributed by atoms with Gasteiger partial charge in [-0.1, -0.05) is 0 Å². The molecule has 0 spiro atoms. The quantitative estimate of drug-likeness (QED) is 0.843. The van der Waals surface area contributed by atoms with Crippen LogP contribution in [0.3, 0.4) is 0 Å². The third-order valence-corrected chi connectivity index (χ3v) is 4.21. The summed E-state index contributed by atoms with van der Waals surface area (Å²) in [7, 11) is -4.02. The van der Waals surface area contributed by atoms with Gasteiger partial charge in [0.2, 0.25) is 10.0 Å². The Morgan fingerprint density at radius 2 is 1.94 bits per heavy atom. The molecular formula is C10H12F2N2O2S. The molecule has 1 aromatic rings. The summed E-state index contributed by atoms with van der Waals surface area (Å²) in [5.41, 5.74) is 5.51. The number of sulfonamides is 1. The summed E-state index contributed by atoms with van der Waals surface area (Å²) in [4.78, 5) is -0.669. The fourth-order valence-corrected chi connectivity index (χ4v) is 3.07. The molecule has 1 aliphatic rings. The summed E-state index contributed by atoms with van der Waals surface area (Å²) in [6.07, 6.45) is 1.02. The third kappa shape index (κ3) is 2.62. The van der Waals surface area contributed by atoms with E-state index in [1.807, 2.05) is 0 Å². The molecule has 0 atom stereocenters. The Bertz CT molecular complexity index is 527. The number of rotatable bonds is 3. The Morgan fingerprint density at radius 1 is 1.29 bits per heavy atom. The van der Waals surface area contributed by atoms with E-state index >= 15 is 0 Å². The number of nitrogens with two attached hydrogens (primary N) is 1. The summed E-state index contributed by atoms with van der Waals surface area (Å²) < 4.78 is 52.0. The van der Waals surface area contributed by atoms with Crippen molar-refractivity contribution in [3.63, 3.8) is 0 Å². The van der Waals surface area contributed by atoms with Crippen LogP contribution in [-0.4, -0.2) is 20.5 Å². The molecule has 1 aromatic carbocycles. The van der Waals surface area contributed by atoms with Gasteiger partial charge in [0.1, 0.15) is 16.5 Å². The Kier molecular flexibility index (Phi) is 3.15. The number of hydrogen-bond donors (Lipinski definition) is 2. The van der Waals surface area contributed by atoms with Crippen molar-refractivity contribution < 1.29 is 17.2 Å². The van der Waals surface area contributed by atoms with E-state index in [4.69, 9.17) is 5.73 Å². The van der Waals surface area contributed by atoms with Gasteiger partial charge in [-0.2, -0.15) is 0 Å². The van der Waals surface area contributed by atoms with Crippen LogP contribution in [0, 0.1) is 11.6 Å². The fourth-order valence-electron chi connectivity index (χ4n) is 1.72. The lowest BCUT2D eigenvalue weighted by molar-refractivity contribution is 0.326. The van der Waals surface area contributed by atoms with E-state index in [1.54, 1.807) is 0 Å². The van der Waals surface area contributed by atoms with E-state index < -0.39 is 26.6 Å². The van der Waals surface area contributed by atoms with Gasteiger partial charge in [-0.05, 0) is 31.0 Å². The maximum absolute atomic E-state index is 13.3. The van der Waals surface area contributed by atoms with Crippen LogP contribution in [-0.2, 0) is 10.0 Å². The number of nitrogens with one attached hydrogen (secondary N) is 1. The molecule has 0 unspecified atom stereocenters. The topological polar surface area (TPSA) is 72.2 Å². The zero-order valence-corrected chi connectivity index (χ0v) is 9.68. The normalized spacial score (nSPS) is 24.4. The molecule has 2 rings (SSSR count). The van der Waals surface area contributed by atoms with Gasteiger partial charge in [-0.25, -0.2) is 21.9 Å². The molecule has 3 N–H and O–H groups in total. The molecule has 17 heavy (non-hydrogen) atoms. The van der Waals surface area contributed by atoms with Crippen LogP contribution in [0.25, 0.3) is 0 Å². The predicted octanol–water partition coefficient (Wildman–Crippen LogP) is 0.733. The van der Waals surface area contributed by atoms with E-state index in [2.05, 4.69) is 4.72 Å². The van der Waals surface area contributed by atoms with Crippen LogP contribution >= 0.6 is 0 Å². The molecule has 0 aliphatic heterocycles. The highest BCUT2D eigenvalue weighted by atomic mass is 32.2. The van der Waals surface area contributed by atoms with Crippen molar-refractivity contribution in [2.75, 3.05) is 0 Å². The first-order chi connectivity index (χ1) is 7.88. The Hall–Kier alpha value is -1.05. The van der Waals surface area contributed by atoms with Crippen LogP contribution in [0.4, 0.5) is 8.78 Å². The second kappa shape index (κ2) is 4.32. The molecule has 0 heterocycles. The van der Waals surface area contributed by atoms with Crippen molar-refractivity contribution in [2.45, 2.75) is 29.8 Å². The fraction of sp³-hybridized carbons (Fsp3) is 0.400. The van der Waals surface area contributed by atoms with Crippen molar-refractivity contribution in [2.24, 2.45) is 5.73 Å². The van der Waals surface area contributed by atoms with Gasteiger partial charge in [0.15, 0.2) is 0 Å². The lowest BCUT2D eigenvalue weighted by Crippen LogP contribution is -2.50. The molecule has 0 amide bonds. The second-order valence-electron chi connectivity index (χ2n) is 4.12. The smallest absolute Gasteiger partial charge is 0.243 e. The van der Waals surface area contributed by atoms with Gasteiger partial charge >= 0.3 is 0 Å². The summed E-state index contributed by atoms with van der Waals surface area (Å²) in [6.45, 7) is 0. The standard InChI is InChI=1S/C10H12F2N2O2S/c11-6-1-2-9(12)10(3-6)17(15,16)14-8-4-7(13)5-8/h1-3,7-8,14H,4-5,13H2. The Labute approximate surface area is 97.9 Å². The number of benzene rings is 1. The molecular weight excluding hydrogens is 250 g/mol. The molecule has 0 bridgehead atoms. The highest BCUT2D eigenvalue weighted by Crippen LogP contribution is 2.22. The van der Waals surface area contributed by atoms with Gasteiger partial charge in [-0.15, -0.1) is 0 Å². The molecule has 0 saturated heterocycles. The van der Waals surface area contributed by atoms with E-state index in [0.717, 1.165) is 12.1 Å². The second-order valence-corrected chi connectivity index (χ2v) is 5.81. The Morgan fingerprint density at radius 3 is 2.53 bits per heavy atom. The summed E-state index contributed by atoms with van der Waals surface area (Å²) in [5.74, 6) is -1.76. The van der Waals surface area contributed by atoms with Crippen LogP contribution in [0.15, 0.2) is 23.1 Å². The Balaban J connectivity index is 2.22. The minimum absolute atomic E-state index is 0.0277. The summed E-state index contributed by atoms with van der Waals surface area (Å²) >= 11 is 0. The highest BCUT2D eigenvalue weighted by Gasteiger charge is 2.31. The molecule has 4 nitrogen and oxygen atoms in total. The first-order valence-corrected chi connectivity index (χ1v) is 6.60. The zero-order chi connectivity index (χ0) is 12.6. The molecule has 1 aliphatic carbocycles. The van der Waals surface area contributed by atoms with Gasteiger partial charge in [0.25, 0.3) is 0 Å². The first-order valence-electron chi connectivity index (χ1n) is 5.11. The van der Waals surface area contributed by atoms with Crippen molar-refractivity contribution in [3.8, 4) is 0 Å². The molecule has 1 fully saturated rings. The van der Waals surface area contributed by atoms with Crippen LogP contribution < -0.4 is 10.5 Å². The van der Waals surface area contributed by atoms with Gasteiger partial charge in [-0.3, -0.25) is 0 Å². The maximum atomic E-state index is 13.3. The lowest BCUT2D eigenvalue weighted by Gasteiger charge is -2.32. The van der Waals surface area contributed by atoms with Crippen molar-refractivity contribution in [3.05, 3.63) is 29.8 Å². The minimum atomic E-state index is -4.02. The van der Waals surface area contributed by atoms with E-state index in [-0.39, 0.29) is 12.1 Å². The third-order valence-electron chi connectivity index (χ3n) is 2.68. The van der Waals surface area contributed by atoms with Crippen LogP contribution in [0.1, 0.15) is 12.8 Å². The average Bonchev–Trinajstić information content (AvgIpc) is 2.19. The largest absolute Gasteiger partial charge is 0.328 e. The van der Waals surface area contributed by atoms with Gasteiger partial charge in [0, 0.05) is 12.1 Å². The number of hydrogen-bond acceptors (Lipinski definition) is 3. The molecule has 0 radical (unpaired) electrons. The van der Waals surface area contributed by atoms with Crippen LogP contribution in [0.5, 0.6) is 0 Å². The SMILES string of the molecule is NC1CC(NS(=O)(=O)c2cc(F)ccc2F)C1. The summed E-state index contributed by atoms with van der Waals surface area (Å²) in [5, 5.41) is 0. The van der Waals surface area contributed by atoms with E-state index in [0.29, 0.717) is 18.9 Å². The minimum Gasteiger partial charge on any atom is -0.328 e. The van der Waals surface area contributed by atoms with Gasteiger partial charge < -0.3 is 5.73 Å². The average molecular weight is 262 g/mol. The first kappa shape index (κ1) is 12.4. The van der Waals surface area contributed by atoms with Crippen molar-refractivity contribution in [1.82, 2.24) is 4.72 Å². The van der Waals surface area contributed by atoms with Crippen molar-refractivity contribution >= 4 is 10.0 Å². The van der Waals surface area contributed by atoms with Crippen molar-refractivity contribution in [1.29, 1.82) is 0 Å². The zero-order valence-electron chi connectivity index (χ0n) is 8.86. The van der Waals surface area contributed by atoms with Crippen LogP contribution in [0.2, 0.25) is 0 Å². The van der Waals surface area contributed by atoms with E-state index in [1.165, 1.54) is 0 Å². The molecule has 1 saturated carbocycles. The van der Waals surface area contributed by atoms with E-state index in [9.17, 15) is 17.2 Å². The molecule has 94 valence electrons. The van der Waals surface area contributed by atoms with Gasteiger partial charge in [0.05, 0.1) is 0 Å². The summed E-state index contributed by atoms with van der Waals surface area (Å²) in [6, 6.07) is 2.00. The lowest BCUT2D eigenvalue weighted by atomic mass is 9.89.